The molecule has 4 aromatic rings. The van der Waals surface area contributed by atoms with Crippen molar-refractivity contribution < 1.29 is 0 Å². The van der Waals surface area contributed by atoms with Crippen LogP contribution in [-0.2, 0) is 0 Å². The molecule has 0 unspecified atom stereocenters. The number of hydrogen-bond donors (Lipinski definition) is 2. The highest BCUT2D eigenvalue weighted by molar-refractivity contribution is 9.10. The fourth-order valence-electron chi connectivity index (χ4n) is 4.98. The van der Waals surface area contributed by atoms with Gasteiger partial charge in [0.1, 0.15) is 0 Å². The number of fused-ring (bicyclic) bond motifs is 7. The molecule has 0 saturated carbocycles. The Morgan fingerprint density at radius 1 is 0.759 bits per heavy atom. The third-order valence-corrected chi connectivity index (χ3v) is 6.97. The summed E-state index contributed by atoms with van der Waals surface area (Å²) in [7, 11) is 0. The van der Waals surface area contributed by atoms with Crippen molar-refractivity contribution in [2.45, 2.75) is 18.0 Å². The predicted octanol–water partition coefficient (Wildman–Crippen LogP) is 7.67. The highest BCUT2D eigenvalue weighted by Crippen LogP contribution is 2.57. The second-order valence-corrected chi connectivity index (χ2v) is 9.15. The van der Waals surface area contributed by atoms with E-state index in [0.29, 0.717) is 0 Å². The summed E-state index contributed by atoms with van der Waals surface area (Å²) in [6.45, 7) is 0. The minimum Gasteiger partial charge on any atom is -0.377 e. The van der Waals surface area contributed by atoms with Gasteiger partial charge in [-0.1, -0.05) is 70.0 Å². The first-order valence-corrected chi connectivity index (χ1v) is 11.0. The highest BCUT2D eigenvalue weighted by Gasteiger charge is 2.44. The predicted molar refractivity (Wildman–Crippen MR) is 125 cm³/mol. The Hall–Kier alpha value is -2.49. The van der Waals surface area contributed by atoms with E-state index in [-0.39, 0.29) is 18.0 Å². The SMILES string of the molecule is Clc1ccc([C@H]2Nc3ccc4ccccc4c3[C@@H]3Nc4ccc(Br)cc4[C@H]23)cc1. The van der Waals surface area contributed by atoms with Crippen molar-refractivity contribution in [2.24, 2.45) is 0 Å². The summed E-state index contributed by atoms with van der Waals surface area (Å²) in [5.74, 6) is 0.280. The molecule has 2 N–H and O–H groups in total. The monoisotopic (exact) mass is 460 g/mol. The summed E-state index contributed by atoms with van der Waals surface area (Å²) in [6, 6.07) is 28.2. The van der Waals surface area contributed by atoms with Crippen molar-refractivity contribution in [3.8, 4) is 0 Å². The number of nitrogens with one attached hydrogen (secondary N) is 2. The van der Waals surface area contributed by atoms with E-state index in [2.05, 4.69) is 93.3 Å². The van der Waals surface area contributed by atoms with Crippen LogP contribution in [0, 0.1) is 0 Å². The van der Waals surface area contributed by atoms with Crippen molar-refractivity contribution >= 4 is 49.7 Å². The van der Waals surface area contributed by atoms with Crippen molar-refractivity contribution in [1.82, 2.24) is 0 Å². The molecule has 29 heavy (non-hydrogen) atoms. The van der Waals surface area contributed by atoms with E-state index in [9.17, 15) is 0 Å². The second kappa shape index (κ2) is 6.51. The van der Waals surface area contributed by atoms with Gasteiger partial charge in [-0.2, -0.15) is 0 Å². The first kappa shape index (κ1) is 17.4. The fraction of sp³-hybridized carbons (Fsp3) is 0.120. The molecular formula is C25H18BrClN2. The quantitative estimate of drug-likeness (QED) is 0.304. The summed E-state index contributed by atoms with van der Waals surface area (Å²) >= 11 is 9.84. The molecular weight excluding hydrogens is 444 g/mol. The minimum absolute atomic E-state index is 0.161. The van der Waals surface area contributed by atoms with Crippen LogP contribution in [0.25, 0.3) is 10.8 Å². The summed E-state index contributed by atoms with van der Waals surface area (Å²) in [5.41, 5.74) is 6.35. The summed E-state index contributed by atoms with van der Waals surface area (Å²) < 4.78 is 1.11. The number of benzene rings is 4. The van der Waals surface area contributed by atoms with Crippen LogP contribution < -0.4 is 10.6 Å². The molecule has 142 valence electrons. The van der Waals surface area contributed by atoms with Gasteiger partial charge in [0.2, 0.25) is 0 Å². The molecule has 6 rings (SSSR count). The van der Waals surface area contributed by atoms with Crippen LogP contribution in [0.2, 0.25) is 5.02 Å². The Labute approximate surface area is 183 Å². The van der Waals surface area contributed by atoms with Gasteiger partial charge >= 0.3 is 0 Å². The number of halogens is 2. The van der Waals surface area contributed by atoms with Crippen molar-refractivity contribution in [3.63, 3.8) is 0 Å². The van der Waals surface area contributed by atoms with E-state index < -0.39 is 0 Å². The zero-order valence-corrected chi connectivity index (χ0v) is 17.8. The van der Waals surface area contributed by atoms with Gasteiger partial charge in [0.05, 0.1) is 12.1 Å². The summed E-state index contributed by atoms with van der Waals surface area (Å²) in [6.07, 6.45) is 0. The Morgan fingerprint density at radius 3 is 2.38 bits per heavy atom. The first-order valence-electron chi connectivity index (χ1n) is 9.79. The molecule has 0 saturated heterocycles. The molecule has 0 bridgehead atoms. The first-order chi connectivity index (χ1) is 14.2. The lowest BCUT2D eigenvalue weighted by Gasteiger charge is -2.38. The van der Waals surface area contributed by atoms with E-state index in [4.69, 9.17) is 11.6 Å². The van der Waals surface area contributed by atoms with Gasteiger partial charge in [-0.15, -0.1) is 0 Å². The van der Waals surface area contributed by atoms with Crippen LogP contribution >= 0.6 is 27.5 Å². The number of rotatable bonds is 1. The molecule has 0 fully saturated rings. The molecule has 2 aliphatic rings. The average molecular weight is 462 g/mol. The van der Waals surface area contributed by atoms with Gasteiger partial charge in [0.15, 0.2) is 0 Å². The fourth-order valence-corrected chi connectivity index (χ4v) is 5.48. The molecule has 2 nitrogen and oxygen atoms in total. The van der Waals surface area contributed by atoms with Crippen LogP contribution in [0.15, 0.2) is 83.3 Å². The molecule has 2 heterocycles. The Morgan fingerprint density at radius 2 is 1.52 bits per heavy atom. The molecule has 4 heteroatoms. The largest absolute Gasteiger partial charge is 0.377 e. The summed E-state index contributed by atoms with van der Waals surface area (Å²) in [4.78, 5) is 0. The molecule has 0 radical (unpaired) electrons. The van der Waals surface area contributed by atoms with Gasteiger partial charge in [0.25, 0.3) is 0 Å². The third kappa shape index (κ3) is 2.68. The maximum Gasteiger partial charge on any atom is 0.0632 e. The van der Waals surface area contributed by atoms with Gasteiger partial charge in [0, 0.05) is 32.4 Å². The molecule has 0 aromatic heterocycles. The molecule has 0 spiro atoms. The van der Waals surface area contributed by atoms with E-state index in [1.165, 1.54) is 38.8 Å². The third-order valence-electron chi connectivity index (χ3n) is 6.22. The second-order valence-electron chi connectivity index (χ2n) is 7.80. The normalized spacial score (nSPS) is 21.7. The van der Waals surface area contributed by atoms with Gasteiger partial charge in [-0.3, -0.25) is 0 Å². The average Bonchev–Trinajstić information content (AvgIpc) is 3.12. The van der Waals surface area contributed by atoms with E-state index in [1.54, 1.807) is 0 Å². The van der Waals surface area contributed by atoms with Gasteiger partial charge < -0.3 is 10.6 Å². The Kier molecular flexibility index (Phi) is 3.90. The Bertz CT molecular complexity index is 1250. The van der Waals surface area contributed by atoms with Crippen LogP contribution in [0.5, 0.6) is 0 Å². The highest BCUT2D eigenvalue weighted by atomic mass is 79.9. The Balaban J connectivity index is 1.60. The zero-order chi connectivity index (χ0) is 19.5. The van der Waals surface area contributed by atoms with Gasteiger partial charge in [-0.05, 0) is 58.3 Å². The maximum absolute atomic E-state index is 6.17. The van der Waals surface area contributed by atoms with E-state index in [0.717, 1.165) is 9.50 Å². The number of hydrogen-bond acceptors (Lipinski definition) is 2. The molecule has 3 atom stereocenters. The summed E-state index contributed by atoms with van der Waals surface area (Å²) in [5, 5.41) is 11.0. The standard InChI is InChI=1S/C25H18BrClN2/c26-16-8-12-20-19(13-16)23-24(15-5-9-17(27)10-6-15)29-21-11-7-14-3-1-2-4-18(14)22(21)25(23)28-20/h1-13,23-25,28-29H/t23-,24-,25+/m1/s1. The van der Waals surface area contributed by atoms with Crippen molar-refractivity contribution in [3.05, 3.63) is 105 Å². The molecule has 0 aliphatic carbocycles. The maximum atomic E-state index is 6.17. The van der Waals surface area contributed by atoms with Crippen molar-refractivity contribution in [1.29, 1.82) is 0 Å². The van der Waals surface area contributed by atoms with E-state index in [1.807, 2.05) is 12.1 Å². The lowest BCUT2D eigenvalue weighted by Crippen LogP contribution is -2.30. The molecule has 0 amide bonds. The lowest BCUT2D eigenvalue weighted by molar-refractivity contribution is 0.523. The topological polar surface area (TPSA) is 24.1 Å². The van der Waals surface area contributed by atoms with Crippen LogP contribution in [0.4, 0.5) is 11.4 Å². The minimum atomic E-state index is 0.161. The van der Waals surface area contributed by atoms with E-state index >= 15 is 0 Å². The van der Waals surface area contributed by atoms with Crippen LogP contribution in [0.3, 0.4) is 0 Å². The lowest BCUT2D eigenvalue weighted by atomic mass is 9.77. The molecule has 2 aliphatic heterocycles. The zero-order valence-electron chi connectivity index (χ0n) is 15.5. The van der Waals surface area contributed by atoms with Crippen LogP contribution in [-0.4, -0.2) is 0 Å². The smallest absolute Gasteiger partial charge is 0.0632 e. The molecule has 4 aromatic carbocycles. The van der Waals surface area contributed by atoms with Crippen molar-refractivity contribution in [2.75, 3.05) is 10.6 Å². The van der Waals surface area contributed by atoms with Gasteiger partial charge in [-0.25, -0.2) is 0 Å². The van der Waals surface area contributed by atoms with Crippen LogP contribution in [0.1, 0.15) is 34.7 Å². The number of anilines is 2.